The van der Waals surface area contributed by atoms with Crippen LogP contribution in [0.5, 0.6) is 0 Å². The Morgan fingerprint density at radius 1 is 1.11 bits per heavy atom. The number of benzene rings is 1. The van der Waals surface area contributed by atoms with Crippen molar-refractivity contribution in [2.45, 2.75) is 18.9 Å². The van der Waals surface area contributed by atoms with Crippen molar-refractivity contribution in [1.29, 1.82) is 0 Å². The summed E-state index contributed by atoms with van der Waals surface area (Å²) in [4.78, 5) is 20.9. The van der Waals surface area contributed by atoms with Crippen LogP contribution in [0.3, 0.4) is 0 Å². The first-order valence-electron chi connectivity index (χ1n) is 9.52. The largest absolute Gasteiger partial charge is 0.385 e. The Labute approximate surface area is 166 Å². The van der Waals surface area contributed by atoms with Crippen molar-refractivity contribution in [2.24, 2.45) is 5.92 Å². The monoisotopic (exact) mass is 391 g/mol. The molecule has 1 aromatic carbocycles. The summed E-state index contributed by atoms with van der Waals surface area (Å²) in [6.45, 7) is 1.73. The normalized spacial score (nSPS) is 16.5. The highest BCUT2D eigenvalue weighted by atomic mass is 32.1. The van der Waals surface area contributed by atoms with E-state index in [1.165, 1.54) is 10.4 Å². The molecule has 1 fully saturated rings. The lowest BCUT2D eigenvalue weighted by atomic mass is 9.91. The minimum absolute atomic E-state index is 0.210. The molecule has 0 radical (unpaired) electrons. The van der Waals surface area contributed by atoms with Gasteiger partial charge < -0.3 is 15.0 Å². The van der Waals surface area contributed by atoms with Gasteiger partial charge in [-0.1, -0.05) is 30.3 Å². The third kappa shape index (κ3) is 3.16. The second-order valence-corrected chi connectivity index (χ2v) is 8.17. The van der Waals surface area contributed by atoms with Crippen molar-refractivity contribution in [3.05, 3.63) is 60.9 Å². The van der Waals surface area contributed by atoms with Crippen molar-refractivity contribution in [1.82, 2.24) is 19.9 Å². The molecule has 0 spiro atoms. The molecule has 3 aromatic heterocycles. The van der Waals surface area contributed by atoms with Crippen LogP contribution in [-0.2, 0) is 0 Å². The number of H-pyrrole nitrogens is 1. The molecule has 7 heteroatoms. The third-order valence-electron chi connectivity index (χ3n) is 5.45. The van der Waals surface area contributed by atoms with Crippen LogP contribution in [0.15, 0.2) is 55.1 Å². The van der Waals surface area contributed by atoms with Gasteiger partial charge in [0.1, 0.15) is 28.9 Å². The number of nitrogens with zero attached hydrogens (tertiary/aromatic N) is 4. The predicted octanol–water partition coefficient (Wildman–Crippen LogP) is 4.03. The number of anilines is 1. The van der Waals surface area contributed by atoms with E-state index in [1.807, 2.05) is 6.07 Å². The topological polar surface area (TPSA) is 77.9 Å². The van der Waals surface area contributed by atoms with Gasteiger partial charge in [-0.3, -0.25) is 0 Å². The predicted molar refractivity (Wildman–Crippen MR) is 111 cm³/mol. The van der Waals surface area contributed by atoms with E-state index < -0.39 is 6.10 Å². The number of piperidine rings is 1. The van der Waals surface area contributed by atoms with Gasteiger partial charge in [-0.25, -0.2) is 15.0 Å². The van der Waals surface area contributed by atoms with Crippen molar-refractivity contribution in [2.75, 3.05) is 18.0 Å². The molecule has 1 aliphatic heterocycles. The summed E-state index contributed by atoms with van der Waals surface area (Å²) in [5.41, 5.74) is 1.21. The lowest BCUT2D eigenvalue weighted by molar-refractivity contribution is 0.0856. The maximum Gasteiger partial charge on any atom is 0.140 e. The molecule has 0 aliphatic carbocycles. The van der Waals surface area contributed by atoms with Crippen molar-refractivity contribution in [3.8, 4) is 10.4 Å². The standard InChI is InChI=1S/C21H21N5OS/c27-18(19-22-8-9-23-19)15-6-10-26(11-7-15)20-16-12-17(14-4-2-1-3-5-14)28-21(16)25-13-24-20/h1-5,8-9,12-13,15,18,27H,6-7,10-11H2,(H,22,23). The van der Waals surface area contributed by atoms with Crippen LogP contribution < -0.4 is 4.90 Å². The van der Waals surface area contributed by atoms with Crippen LogP contribution >= 0.6 is 11.3 Å². The molecule has 1 atom stereocenters. The van der Waals surface area contributed by atoms with E-state index >= 15 is 0 Å². The molecule has 6 nitrogen and oxygen atoms in total. The van der Waals surface area contributed by atoms with Crippen LogP contribution in [-0.4, -0.2) is 38.1 Å². The van der Waals surface area contributed by atoms with Gasteiger partial charge in [-0.2, -0.15) is 0 Å². The number of aromatic nitrogens is 4. The van der Waals surface area contributed by atoms with E-state index in [2.05, 4.69) is 55.2 Å². The summed E-state index contributed by atoms with van der Waals surface area (Å²) in [6, 6.07) is 12.6. The number of aliphatic hydroxyl groups is 1. The molecule has 28 heavy (non-hydrogen) atoms. The fourth-order valence-corrected chi connectivity index (χ4v) is 4.93. The second-order valence-electron chi connectivity index (χ2n) is 7.14. The Morgan fingerprint density at radius 2 is 1.93 bits per heavy atom. The average Bonchev–Trinajstić information content (AvgIpc) is 3.44. The molecule has 0 saturated carbocycles. The number of hydrogen-bond acceptors (Lipinski definition) is 6. The Balaban J connectivity index is 1.38. The molecule has 142 valence electrons. The SMILES string of the molecule is OC(c1ncc[nH]1)C1CCN(c2ncnc3sc(-c4ccccc4)cc23)CC1. The van der Waals surface area contributed by atoms with E-state index in [9.17, 15) is 5.11 Å². The molecular weight excluding hydrogens is 370 g/mol. The first-order valence-corrected chi connectivity index (χ1v) is 10.3. The van der Waals surface area contributed by atoms with Crippen LogP contribution in [0.1, 0.15) is 24.8 Å². The minimum atomic E-state index is -0.534. The average molecular weight is 392 g/mol. The maximum atomic E-state index is 10.6. The molecule has 0 amide bonds. The zero-order valence-corrected chi connectivity index (χ0v) is 16.1. The highest BCUT2D eigenvalue weighted by Crippen LogP contribution is 2.38. The quantitative estimate of drug-likeness (QED) is 0.549. The van der Waals surface area contributed by atoms with Gasteiger partial charge in [0.25, 0.3) is 0 Å². The van der Waals surface area contributed by atoms with Gasteiger partial charge in [-0.15, -0.1) is 11.3 Å². The van der Waals surface area contributed by atoms with E-state index in [-0.39, 0.29) is 5.92 Å². The van der Waals surface area contributed by atoms with Gasteiger partial charge in [0.15, 0.2) is 0 Å². The molecule has 4 heterocycles. The number of thiophene rings is 1. The summed E-state index contributed by atoms with van der Waals surface area (Å²) < 4.78 is 0. The fraction of sp³-hybridized carbons (Fsp3) is 0.286. The van der Waals surface area contributed by atoms with Gasteiger partial charge in [0.05, 0.1) is 5.39 Å². The molecule has 1 saturated heterocycles. The molecule has 5 rings (SSSR count). The van der Waals surface area contributed by atoms with Crippen LogP contribution in [0.25, 0.3) is 20.7 Å². The Kier molecular flexibility index (Phi) is 4.54. The molecule has 4 aromatic rings. The number of imidazole rings is 1. The second kappa shape index (κ2) is 7.33. The lowest BCUT2D eigenvalue weighted by Gasteiger charge is -2.34. The van der Waals surface area contributed by atoms with Crippen molar-refractivity contribution in [3.63, 3.8) is 0 Å². The molecule has 1 unspecified atom stereocenters. The Morgan fingerprint density at radius 3 is 2.68 bits per heavy atom. The molecule has 1 aliphatic rings. The van der Waals surface area contributed by atoms with Gasteiger partial charge in [0, 0.05) is 30.4 Å². The van der Waals surface area contributed by atoms with E-state index in [0.717, 1.165) is 42.0 Å². The van der Waals surface area contributed by atoms with E-state index in [0.29, 0.717) is 5.82 Å². The van der Waals surface area contributed by atoms with Gasteiger partial charge in [-0.05, 0) is 30.4 Å². The number of fused-ring (bicyclic) bond motifs is 1. The van der Waals surface area contributed by atoms with Gasteiger partial charge >= 0.3 is 0 Å². The highest BCUT2D eigenvalue weighted by Gasteiger charge is 2.29. The summed E-state index contributed by atoms with van der Waals surface area (Å²) >= 11 is 1.70. The Bertz CT molecular complexity index is 1060. The number of aliphatic hydroxyl groups excluding tert-OH is 1. The van der Waals surface area contributed by atoms with Crippen LogP contribution in [0, 0.1) is 5.92 Å². The maximum absolute atomic E-state index is 10.6. The summed E-state index contributed by atoms with van der Waals surface area (Å²) in [7, 11) is 0. The third-order valence-corrected chi connectivity index (χ3v) is 6.54. The smallest absolute Gasteiger partial charge is 0.140 e. The molecule has 2 N–H and O–H groups in total. The number of aromatic amines is 1. The highest BCUT2D eigenvalue weighted by molar-refractivity contribution is 7.21. The Hall–Kier alpha value is -2.77. The number of hydrogen-bond donors (Lipinski definition) is 2. The van der Waals surface area contributed by atoms with Crippen molar-refractivity contribution < 1.29 is 5.11 Å². The first-order chi connectivity index (χ1) is 13.8. The van der Waals surface area contributed by atoms with Crippen LogP contribution in [0.2, 0.25) is 0 Å². The molecular formula is C21H21N5OS. The lowest BCUT2D eigenvalue weighted by Crippen LogP contribution is -2.36. The van der Waals surface area contributed by atoms with Gasteiger partial charge in [0.2, 0.25) is 0 Å². The number of rotatable bonds is 4. The fourth-order valence-electron chi connectivity index (χ4n) is 3.93. The summed E-state index contributed by atoms with van der Waals surface area (Å²) in [5, 5.41) is 11.7. The number of nitrogens with one attached hydrogen (secondary N) is 1. The van der Waals surface area contributed by atoms with Crippen LogP contribution in [0.4, 0.5) is 5.82 Å². The molecule has 0 bridgehead atoms. The zero-order valence-electron chi connectivity index (χ0n) is 15.3. The van der Waals surface area contributed by atoms with E-state index in [1.54, 1.807) is 30.1 Å². The zero-order chi connectivity index (χ0) is 18.9. The van der Waals surface area contributed by atoms with E-state index in [4.69, 9.17) is 0 Å². The first kappa shape index (κ1) is 17.3. The van der Waals surface area contributed by atoms with Crippen molar-refractivity contribution >= 4 is 27.4 Å². The summed E-state index contributed by atoms with van der Waals surface area (Å²) in [5.74, 6) is 1.87. The summed E-state index contributed by atoms with van der Waals surface area (Å²) in [6.07, 6.45) is 6.38. The minimum Gasteiger partial charge on any atom is -0.385 e.